The van der Waals surface area contributed by atoms with Crippen LogP contribution in [0.4, 0.5) is 0 Å². The Balaban J connectivity index is 0.00000264. The Morgan fingerprint density at radius 1 is 1.13 bits per heavy atom. The monoisotopic (exact) mass is 429 g/mol. The molecule has 2 aromatic rings. The number of aliphatic imine (C=N–C) groups is 1. The summed E-state index contributed by atoms with van der Waals surface area (Å²) < 4.78 is 10.4. The van der Waals surface area contributed by atoms with E-state index in [-0.39, 0.29) is 24.0 Å². The summed E-state index contributed by atoms with van der Waals surface area (Å²) >= 11 is 0. The van der Waals surface area contributed by atoms with Crippen LogP contribution in [0.25, 0.3) is 0 Å². The molecular weight excluding hydrogens is 405 g/mol. The molecule has 0 fully saturated rings. The van der Waals surface area contributed by atoms with Crippen LogP contribution in [0.3, 0.4) is 0 Å². The number of methoxy groups -OCH3 is 1. The number of rotatable bonds is 7. The van der Waals surface area contributed by atoms with E-state index in [9.17, 15) is 0 Å². The van der Waals surface area contributed by atoms with Gasteiger partial charge in [-0.05, 0) is 23.3 Å². The molecule has 0 aliphatic carbocycles. The summed E-state index contributed by atoms with van der Waals surface area (Å²) in [4.78, 5) is 4.21. The van der Waals surface area contributed by atoms with Crippen molar-refractivity contribution in [3.8, 4) is 0 Å². The summed E-state index contributed by atoms with van der Waals surface area (Å²) in [5, 5.41) is 6.56. The van der Waals surface area contributed by atoms with Crippen LogP contribution in [0.5, 0.6) is 0 Å². The van der Waals surface area contributed by atoms with E-state index in [2.05, 4.69) is 39.9 Å². The predicted octanol–water partition coefficient (Wildman–Crippen LogP) is 2.95. The molecule has 0 saturated carbocycles. The third-order valence-electron chi connectivity index (χ3n) is 3.26. The number of guanidine groups is 1. The Labute approximate surface area is 154 Å². The van der Waals surface area contributed by atoms with Crippen molar-refractivity contribution in [2.45, 2.75) is 19.6 Å². The molecule has 0 aliphatic rings. The number of nitrogens with zero attached hydrogens (tertiary/aromatic N) is 1. The number of ether oxygens (including phenoxy) is 1. The third kappa shape index (κ3) is 7.04. The highest BCUT2D eigenvalue weighted by Crippen LogP contribution is 2.05. The molecule has 126 valence electrons. The maximum absolute atomic E-state index is 5.30. The minimum Gasteiger partial charge on any atom is -0.469 e. The van der Waals surface area contributed by atoms with Gasteiger partial charge in [-0.1, -0.05) is 24.3 Å². The first-order chi connectivity index (χ1) is 10.8. The fraction of sp³-hybridized carbons (Fsp3) is 0.353. The van der Waals surface area contributed by atoms with Gasteiger partial charge in [-0.3, -0.25) is 4.99 Å². The van der Waals surface area contributed by atoms with Crippen molar-refractivity contribution in [2.24, 2.45) is 4.99 Å². The van der Waals surface area contributed by atoms with Crippen LogP contribution in [-0.2, 0) is 24.3 Å². The average Bonchev–Trinajstić information content (AvgIpc) is 3.06. The summed E-state index contributed by atoms with van der Waals surface area (Å²) in [6.07, 6.45) is 2.52. The predicted molar refractivity (Wildman–Crippen MR) is 103 cm³/mol. The van der Waals surface area contributed by atoms with Gasteiger partial charge in [-0.2, -0.15) is 0 Å². The normalized spacial score (nSPS) is 11.0. The molecule has 1 heterocycles. The SMILES string of the molecule is CN=C(NCCc1ccco1)NCc1ccc(COC)cc1.I. The number of hydrogen-bond donors (Lipinski definition) is 2. The standard InChI is InChI=1S/C17H23N3O2.HI/c1-18-17(19-10-9-16-4-3-11-22-16)20-12-14-5-7-15(8-6-14)13-21-2;/h3-8,11H,9-10,12-13H2,1-2H3,(H2,18,19,20);1H. The van der Waals surface area contributed by atoms with Crippen LogP contribution < -0.4 is 10.6 Å². The Kier molecular flexibility index (Phi) is 9.39. The molecular formula is C17H24IN3O2. The highest BCUT2D eigenvalue weighted by molar-refractivity contribution is 14.0. The van der Waals surface area contributed by atoms with E-state index in [0.29, 0.717) is 6.61 Å². The molecule has 1 aromatic carbocycles. The lowest BCUT2D eigenvalue weighted by molar-refractivity contribution is 0.185. The summed E-state index contributed by atoms with van der Waals surface area (Å²) in [5.41, 5.74) is 2.38. The summed E-state index contributed by atoms with van der Waals surface area (Å²) in [7, 11) is 3.47. The molecule has 0 aliphatic heterocycles. The molecule has 0 amide bonds. The molecule has 0 saturated heterocycles. The Hall–Kier alpha value is -1.54. The van der Waals surface area contributed by atoms with E-state index < -0.39 is 0 Å². The van der Waals surface area contributed by atoms with Gasteiger partial charge in [0, 0.05) is 33.7 Å². The first-order valence-electron chi connectivity index (χ1n) is 7.35. The van der Waals surface area contributed by atoms with Crippen LogP contribution in [0.2, 0.25) is 0 Å². The van der Waals surface area contributed by atoms with Crippen molar-refractivity contribution in [2.75, 3.05) is 20.7 Å². The zero-order chi connectivity index (χ0) is 15.6. The van der Waals surface area contributed by atoms with Crippen LogP contribution >= 0.6 is 24.0 Å². The Morgan fingerprint density at radius 3 is 2.48 bits per heavy atom. The first kappa shape index (κ1) is 19.5. The molecule has 6 heteroatoms. The minimum atomic E-state index is 0. The molecule has 0 spiro atoms. The fourth-order valence-corrected chi connectivity index (χ4v) is 2.09. The van der Waals surface area contributed by atoms with Gasteiger partial charge in [0.1, 0.15) is 5.76 Å². The van der Waals surface area contributed by atoms with E-state index in [1.165, 1.54) is 11.1 Å². The number of benzene rings is 1. The third-order valence-corrected chi connectivity index (χ3v) is 3.26. The van der Waals surface area contributed by atoms with Crippen molar-refractivity contribution in [3.63, 3.8) is 0 Å². The fourth-order valence-electron chi connectivity index (χ4n) is 2.09. The smallest absolute Gasteiger partial charge is 0.191 e. The summed E-state index contributed by atoms with van der Waals surface area (Å²) in [5.74, 6) is 1.75. The second-order valence-corrected chi connectivity index (χ2v) is 4.93. The minimum absolute atomic E-state index is 0. The highest BCUT2D eigenvalue weighted by atomic mass is 127. The van der Waals surface area contributed by atoms with Crippen molar-refractivity contribution in [1.29, 1.82) is 0 Å². The van der Waals surface area contributed by atoms with E-state index in [1.807, 2.05) is 12.1 Å². The Morgan fingerprint density at radius 2 is 1.87 bits per heavy atom. The van der Waals surface area contributed by atoms with Gasteiger partial charge in [0.15, 0.2) is 5.96 Å². The largest absolute Gasteiger partial charge is 0.469 e. The van der Waals surface area contributed by atoms with E-state index >= 15 is 0 Å². The molecule has 0 atom stereocenters. The molecule has 5 nitrogen and oxygen atoms in total. The van der Waals surface area contributed by atoms with E-state index in [0.717, 1.165) is 31.2 Å². The topological polar surface area (TPSA) is 58.8 Å². The van der Waals surface area contributed by atoms with E-state index in [4.69, 9.17) is 9.15 Å². The summed E-state index contributed by atoms with van der Waals surface area (Å²) in [6.45, 7) is 2.15. The second kappa shape index (κ2) is 11.1. The number of hydrogen-bond acceptors (Lipinski definition) is 3. The molecule has 2 rings (SSSR count). The van der Waals surface area contributed by atoms with Gasteiger partial charge in [0.2, 0.25) is 0 Å². The number of halogens is 1. The second-order valence-electron chi connectivity index (χ2n) is 4.93. The maximum atomic E-state index is 5.30. The molecule has 23 heavy (non-hydrogen) atoms. The maximum Gasteiger partial charge on any atom is 0.191 e. The molecule has 0 radical (unpaired) electrons. The number of nitrogens with one attached hydrogen (secondary N) is 2. The van der Waals surface area contributed by atoms with E-state index in [1.54, 1.807) is 20.4 Å². The van der Waals surface area contributed by atoms with Gasteiger partial charge in [-0.15, -0.1) is 24.0 Å². The van der Waals surface area contributed by atoms with Crippen molar-refractivity contribution in [3.05, 3.63) is 59.5 Å². The van der Waals surface area contributed by atoms with Crippen molar-refractivity contribution >= 4 is 29.9 Å². The van der Waals surface area contributed by atoms with Gasteiger partial charge in [0.25, 0.3) is 0 Å². The van der Waals surface area contributed by atoms with Crippen molar-refractivity contribution in [1.82, 2.24) is 10.6 Å². The molecule has 1 aromatic heterocycles. The molecule has 0 unspecified atom stereocenters. The van der Waals surface area contributed by atoms with Crippen molar-refractivity contribution < 1.29 is 9.15 Å². The van der Waals surface area contributed by atoms with Gasteiger partial charge >= 0.3 is 0 Å². The van der Waals surface area contributed by atoms with Gasteiger partial charge in [0.05, 0.1) is 12.9 Å². The molecule has 2 N–H and O–H groups in total. The quantitative estimate of drug-likeness (QED) is 0.404. The molecule has 0 bridgehead atoms. The Bertz CT molecular complexity index is 568. The van der Waals surface area contributed by atoms with Gasteiger partial charge in [-0.25, -0.2) is 0 Å². The lowest BCUT2D eigenvalue weighted by Gasteiger charge is -2.11. The lowest BCUT2D eigenvalue weighted by Crippen LogP contribution is -2.37. The first-order valence-corrected chi connectivity index (χ1v) is 7.35. The highest BCUT2D eigenvalue weighted by Gasteiger charge is 2.00. The van der Waals surface area contributed by atoms with Crippen LogP contribution in [0, 0.1) is 0 Å². The average molecular weight is 429 g/mol. The van der Waals surface area contributed by atoms with Crippen LogP contribution in [-0.4, -0.2) is 26.7 Å². The zero-order valence-electron chi connectivity index (χ0n) is 13.5. The zero-order valence-corrected chi connectivity index (χ0v) is 15.9. The van der Waals surface area contributed by atoms with Gasteiger partial charge < -0.3 is 19.8 Å². The lowest BCUT2D eigenvalue weighted by atomic mass is 10.1. The summed E-state index contributed by atoms with van der Waals surface area (Å²) in [6, 6.07) is 12.2. The number of furan rings is 1. The van der Waals surface area contributed by atoms with Crippen LogP contribution in [0.1, 0.15) is 16.9 Å². The van der Waals surface area contributed by atoms with Crippen LogP contribution in [0.15, 0.2) is 52.1 Å².